The van der Waals surface area contributed by atoms with Gasteiger partial charge in [-0.2, -0.15) is 0 Å². The highest BCUT2D eigenvalue weighted by Crippen LogP contribution is 2.21. The summed E-state index contributed by atoms with van der Waals surface area (Å²) in [4.78, 5) is 2.42. The Hall–Kier alpha value is -0.480. The molecule has 2 rings (SSSR count). The van der Waals surface area contributed by atoms with Gasteiger partial charge in [0.15, 0.2) is 0 Å². The molecular formula is C13H20Cl2N2O. The van der Waals surface area contributed by atoms with Crippen LogP contribution in [0.3, 0.4) is 0 Å². The molecule has 0 aromatic heterocycles. The van der Waals surface area contributed by atoms with Crippen LogP contribution in [0.1, 0.15) is 5.56 Å². The van der Waals surface area contributed by atoms with Crippen molar-refractivity contribution < 1.29 is 4.74 Å². The van der Waals surface area contributed by atoms with Crippen LogP contribution in [0.15, 0.2) is 18.2 Å². The Labute approximate surface area is 120 Å². The Bertz CT molecular complexity index is 368. The van der Waals surface area contributed by atoms with Gasteiger partial charge in [-0.1, -0.05) is 11.6 Å². The predicted molar refractivity (Wildman–Crippen MR) is 78.2 cm³/mol. The molecule has 1 N–H and O–H groups in total. The van der Waals surface area contributed by atoms with E-state index in [4.69, 9.17) is 16.3 Å². The van der Waals surface area contributed by atoms with Crippen molar-refractivity contribution in [2.24, 2.45) is 0 Å². The lowest BCUT2D eigenvalue weighted by atomic mass is 10.2. The van der Waals surface area contributed by atoms with Gasteiger partial charge in [0, 0.05) is 37.7 Å². The minimum Gasteiger partial charge on any atom is -0.492 e. The minimum atomic E-state index is 0. The molecule has 1 fully saturated rings. The Balaban J connectivity index is 0.00000162. The standard InChI is InChI=1S/C13H19ClN2O.ClH/c1-11-10-12(14)2-3-13(11)17-9-8-16-6-4-15-5-7-16;/h2-3,10,15H,4-9H2,1H3;1H. The number of benzene rings is 1. The molecule has 1 aromatic carbocycles. The number of aryl methyl sites for hydroxylation is 1. The second-order valence-electron chi connectivity index (χ2n) is 4.35. The largest absolute Gasteiger partial charge is 0.492 e. The Morgan fingerprint density at radius 2 is 2.06 bits per heavy atom. The third-order valence-electron chi connectivity index (χ3n) is 3.01. The van der Waals surface area contributed by atoms with Crippen LogP contribution in [0.25, 0.3) is 0 Å². The fourth-order valence-corrected chi connectivity index (χ4v) is 2.22. The van der Waals surface area contributed by atoms with Gasteiger partial charge in [-0.3, -0.25) is 4.90 Å². The van der Waals surface area contributed by atoms with E-state index in [0.29, 0.717) is 0 Å². The molecule has 0 aliphatic carbocycles. The zero-order valence-electron chi connectivity index (χ0n) is 10.6. The highest BCUT2D eigenvalue weighted by atomic mass is 35.5. The quantitative estimate of drug-likeness (QED) is 0.921. The average molecular weight is 291 g/mol. The van der Waals surface area contributed by atoms with Crippen molar-refractivity contribution >= 4 is 24.0 Å². The van der Waals surface area contributed by atoms with E-state index in [1.54, 1.807) is 0 Å². The summed E-state index contributed by atoms with van der Waals surface area (Å²) in [7, 11) is 0. The van der Waals surface area contributed by atoms with Crippen molar-refractivity contribution in [2.45, 2.75) is 6.92 Å². The number of halogens is 2. The number of nitrogens with zero attached hydrogens (tertiary/aromatic N) is 1. The van der Waals surface area contributed by atoms with E-state index in [1.165, 1.54) is 0 Å². The molecule has 0 radical (unpaired) electrons. The molecule has 1 aliphatic rings. The first kappa shape index (κ1) is 15.6. The zero-order valence-corrected chi connectivity index (χ0v) is 12.2. The molecule has 0 amide bonds. The van der Waals surface area contributed by atoms with Gasteiger partial charge in [0.2, 0.25) is 0 Å². The van der Waals surface area contributed by atoms with E-state index in [-0.39, 0.29) is 12.4 Å². The molecule has 18 heavy (non-hydrogen) atoms. The zero-order chi connectivity index (χ0) is 12.1. The maximum atomic E-state index is 5.90. The molecule has 3 nitrogen and oxygen atoms in total. The number of nitrogens with one attached hydrogen (secondary N) is 1. The van der Waals surface area contributed by atoms with Crippen molar-refractivity contribution in [2.75, 3.05) is 39.3 Å². The van der Waals surface area contributed by atoms with Crippen LogP contribution in [0.5, 0.6) is 5.75 Å². The molecule has 1 aliphatic heterocycles. The fraction of sp³-hybridized carbons (Fsp3) is 0.538. The summed E-state index contributed by atoms with van der Waals surface area (Å²) < 4.78 is 5.77. The maximum Gasteiger partial charge on any atom is 0.122 e. The summed E-state index contributed by atoms with van der Waals surface area (Å²) in [6.45, 7) is 8.14. The predicted octanol–water partition coefficient (Wildman–Crippen LogP) is 2.35. The van der Waals surface area contributed by atoms with Gasteiger partial charge in [-0.25, -0.2) is 0 Å². The molecule has 0 bridgehead atoms. The van der Waals surface area contributed by atoms with Crippen LogP contribution < -0.4 is 10.1 Å². The van der Waals surface area contributed by atoms with Crippen molar-refractivity contribution in [3.8, 4) is 5.75 Å². The lowest BCUT2D eigenvalue weighted by molar-refractivity contribution is 0.191. The van der Waals surface area contributed by atoms with Crippen LogP contribution in [0.4, 0.5) is 0 Å². The topological polar surface area (TPSA) is 24.5 Å². The second-order valence-corrected chi connectivity index (χ2v) is 4.79. The smallest absolute Gasteiger partial charge is 0.122 e. The normalized spacial score (nSPS) is 16.1. The summed E-state index contributed by atoms with van der Waals surface area (Å²) in [5.41, 5.74) is 1.10. The number of ether oxygens (including phenoxy) is 1. The number of hydrogen-bond donors (Lipinski definition) is 1. The monoisotopic (exact) mass is 290 g/mol. The van der Waals surface area contributed by atoms with E-state index >= 15 is 0 Å². The van der Waals surface area contributed by atoms with Crippen LogP contribution in [-0.2, 0) is 0 Å². The van der Waals surface area contributed by atoms with Crippen LogP contribution >= 0.6 is 24.0 Å². The van der Waals surface area contributed by atoms with Crippen molar-refractivity contribution in [3.63, 3.8) is 0 Å². The second kappa shape index (κ2) is 7.85. The van der Waals surface area contributed by atoms with Crippen molar-refractivity contribution in [1.82, 2.24) is 10.2 Å². The highest BCUT2D eigenvalue weighted by Gasteiger charge is 2.09. The molecular weight excluding hydrogens is 271 g/mol. The SMILES string of the molecule is Cc1cc(Cl)ccc1OCCN1CCNCC1.Cl. The van der Waals surface area contributed by atoms with Crippen LogP contribution in [0, 0.1) is 6.92 Å². The minimum absolute atomic E-state index is 0. The molecule has 0 spiro atoms. The summed E-state index contributed by atoms with van der Waals surface area (Å²) in [6.07, 6.45) is 0. The third kappa shape index (κ3) is 4.65. The first-order chi connectivity index (χ1) is 8.25. The first-order valence-corrected chi connectivity index (χ1v) is 6.45. The summed E-state index contributed by atoms with van der Waals surface area (Å²) in [5.74, 6) is 0.935. The summed E-state index contributed by atoms with van der Waals surface area (Å²) in [5, 5.41) is 4.10. The van der Waals surface area contributed by atoms with Gasteiger partial charge in [0.25, 0.3) is 0 Å². The van der Waals surface area contributed by atoms with Crippen molar-refractivity contribution in [3.05, 3.63) is 28.8 Å². The third-order valence-corrected chi connectivity index (χ3v) is 3.25. The van der Waals surface area contributed by atoms with E-state index in [9.17, 15) is 0 Å². The molecule has 0 unspecified atom stereocenters. The van der Waals surface area contributed by atoms with Gasteiger partial charge in [0.1, 0.15) is 12.4 Å². The Morgan fingerprint density at radius 1 is 1.33 bits per heavy atom. The molecule has 1 heterocycles. The van der Waals surface area contributed by atoms with E-state index in [1.807, 2.05) is 25.1 Å². The van der Waals surface area contributed by atoms with Gasteiger partial charge >= 0.3 is 0 Å². The summed E-state index contributed by atoms with van der Waals surface area (Å²) in [6, 6.07) is 5.74. The van der Waals surface area contributed by atoms with Gasteiger partial charge < -0.3 is 10.1 Å². The lowest BCUT2D eigenvalue weighted by Gasteiger charge is -2.27. The number of hydrogen-bond acceptors (Lipinski definition) is 3. The van der Waals surface area contributed by atoms with Gasteiger partial charge in [-0.05, 0) is 30.7 Å². The van der Waals surface area contributed by atoms with E-state index < -0.39 is 0 Å². The average Bonchev–Trinajstić information content (AvgIpc) is 2.33. The molecule has 102 valence electrons. The molecule has 0 saturated carbocycles. The van der Waals surface area contributed by atoms with Gasteiger partial charge in [0.05, 0.1) is 0 Å². The number of piperazine rings is 1. The Kier molecular flexibility index (Phi) is 6.79. The van der Waals surface area contributed by atoms with Crippen LogP contribution in [0.2, 0.25) is 5.02 Å². The van der Waals surface area contributed by atoms with Crippen LogP contribution in [-0.4, -0.2) is 44.2 Å². The fourth-order valence-electron chi connectivity index (χ4n) is 1.99. The highest BCUT2D eigenvalue weighted by molar-refractivity contribution is 6.30. The molecule has 5 heteroatoms. The molecule has 0 atom stereocenters. The molecule has 1 aromatic rings. The number of rotatable bonds is 4. The van der Waals surface area contributed by atoms with E-state index in [2.05, 4.69) is 10.2 Å². The summed E-state index contributed by atoms with van der Waals surface area (Å²) >= 11 is 5.90. The first-order valence-electron chi connectivity index (χ1n) is 6.08. The molecule has 1 saturated heterocycles. The van der Waals surface area contributed by atoms with Gasteiger partial charge in [-0.15, -0.1) is 12.4 Å². The van der Waals surface area contributed by atoms with E-state index in [0.717, 1.165) is 55.7 Å². The Morgan fingerprint density at radius 3 is 2.72 bits per heavy atom. The van der Waals surface area contributed by atoms with Crippen molar-refractivity contribution in [1.29, 1.82) is 0 Å². The maximum absolute atomic E-state index is 5.90. The lowest BCUT2D eigenvalue weighted by Crippen LogP contribution is -2.44.